The molecule has 0 heterocycles. The van der Waals surface area contributed by atoms with Gasteiger partial charge in [0.2, 0.25) is 0 Å². The summed E-state index contributed by atoms with van der Waals surface area (Å²) in [4.78, 5) is 0. The van der Waals surface area contributed by atoms with E-state index in [1.54, 1.807) is 0 Å². The predicted molar refractivity (Wildman–Crippen MR) is 37.4 cm³/mol. The van der Waals surface area contributed by atoms with E-state index in [1.165, 1.54) is 12.1 Å². The van der Waals surface area contributed by atoms with E-state index in [2.05, 4.69) is 6.07 Å². The average molecular weight is 153 g/mol. The van der Waals surface area contributed by atoms with Crippen molar-refractivity contribution in [3.63, 3.8) is 0 Å². The van der Waals surface area contributed by atoms with E-state index in [1.807, 2.05) is 0 Å². The van der Waals surface area contributed by atoms with E-state index in [0.717, 1.165) is 12.1 Å². The first-order valence-electron chi connectivity index (χ1n) is 2.64. The molecule has 0 fully saturated rings. The number of benzene rings is 1. The van der Waals surface area contributed by atoms with E-state index in [9.17, 15) is 13.2 Å². The van der Waals surface area contributed by atoms with Gasteiger partial charge in [-0.15, -0.1) is 0 Å². The Balaban J connectivity index is 0.000001000. The Labute approximate surface area is 74.6 Å². The van der Waals surface area contributed by atoms with Crippen LogP contribution in [0.3, 0.4) is 0 Å². The number of hydrogen-bond donors (Lipinski definition) is 0. The van der Waals surface area contributed by atoms with Crippen LogP contribution in [0.2, 0.25) is 0 Å². The van der Waals surface area contributed by atoms with Gasteiger partial charge in [-0.05, 0) is 18.2 Å². The Hall–Kier alpha value is -0.393. The molecular formula is C7H5F3Li. The van der Waals surface area contributed by atoms with Gasteiger partial charge in [0, 0.05) is 0 Å². The summed E-state index contributed by atoms with van der Waals surface area (Å²) in [7, 11) is 0. The molecule has 0 aliphatic heterocycles. The first kappa shape index (κ1) is 10.6. The van der Waals surface area contributed by atoms with Crippen LogP contribution < -0.4 is 0 Å². The van der Waals surface area contributed by atoms with Crippen molar-refractivity contribution in [1.82, 2.24) is 0 Å². The summed E-state index contributed by atoms with van der Waals surface area (Å²) in [5, 5.41) is 0. The topological polar surface area (TPSA) is 0 Å². The van der Waals surface area contributed by atoms with Crippen LogP contribution in [0, 0.1) is 6.07 Å². The molecule has 0 spiro atoms. The predicted octanol–water partition coefficient (Wildman–Crippen LogP) is 1.86. The van der Waals surface area contributed by atoms with Crippen molar-refractivity contribution in [2.45, 2.75) is 6.18 Å². The molecule has 0 aliphatic carbocycles. The van der Waals surface area contributed by atoms with Crippen LogP contribution in [0.15, 0.2) is 24.3 Å². The Morgan fingerprint density at radius 3 is 2.18 bits per heavy atom. The molecule has 0 atom stereocenters. The molecule has 55 valence electrons. The number of alkyl halides is 3. The normalized spacial score (nSPS) is 10.5. The van der Waals surface area contributed by atoms with Gasteiger partial charge in [-0.1, -0.05) is 12.1 Å². The molecule has 0 saturated carbocycles. The monoisotopic (exact) mass is 153 g/mol. The molecule has 4 heteroatoms. The maximum atomic E-state index is 11.8. The maximum absolute atomic E-state index is 11.8. The number of hydrogen-bond acceptors (Lipinski definition) is 0. The minimum atomic E-state index is -4.24. The van der Waals surface area contributed by atoms with Gasteiger partial charge in [-0.2, -0.15) is 13.2 Å². The molecule has 1 radical (unpaired) electrons. The molecule has 11 heavy (non-hydrogen) atoms. The second kappa shape index (κ2) is 3.84. The quantitative estimate of drug-likeness (QED) is 0.499. The first-order valence-corrected chi connectivity index (χ1v) is 2.64. The van der Waals surface area contributed by atoms with Crippen LogP contribution in [-0.4, -0.2) is 18.9 Å². The molecule has 0 unspecified atom stereocenters. The number of rotatable bonds is 0. The van der Waals surface area contributed by atoms with Crippen LogP contribution in [0.4, 0.5) is 13.2 Å². The van der Waals surface area contributed by atoms with Crippen LogP contribution in [-0.2, 0) is 6.18 Å². The van der Waals surface area contributed by atoms with Crippen LogP contribution in [0.5, 0.6) is 0 Å². The third-order valence-electron chi connectivity index (χ3n) is 1.03. The minimum absolute atomic E-state index is 0. The fourth-order valence-corrected chi connectivity index (χ4v) is 0.570. The summed E-state index contributed by atoms with van der Waals surface area (Å²) in [6, 6.07) is 7.01. The average Bonchev–Trinajstić information content (AvgIpc) is 1.88. The molecule has 0 saturated heterocycles. The summed E-state index contributed by atoms with van der Waals surface area (Å²) in [6.07, 6.45) is -4.24. The molecule has 0 aliphatic rings. The van der Waals surface area contributed by atoms with Crippen LogP contribution in [0.25, 0.3) is 0 Å². The van der Waals surface area contributed by atoms with Crippen molar-refractivity contribution < 1.29 is 13.2 Å². The molecule has 0 N–H and O–H groups in total. The van der Waals surface area contributed by atoms with E-state index in [0.29, 0.717) is 0 Å². The zero-order valence-electron chi connectivity index (χ0n) is 4.94. The van der Waals surface area contributed by atoms with Gasteiger partial charge < -0.3 is 0 Å². The summed E-state index contributed by atoms with van der Waals surface area (Å²) in [5.41, 5.74) is -0.657. The Morgan fingerprint density at radius 2 is 1.91 bits per heavy atom. The number of halogens is 3. The van der Waals surface area contributed by atoms with Crippen molar-refractivity contribution in [3.8, 4) is 0 Å². The molecule has 1 aromatic rings. The van der Waals surface area contributed by atoms with Crippen LogP contribution >= 0.6 is 0 Å². The molecule has 0 nitrogen and oxygen atoms in total. The first-order chi connectivity index (χ1) is 4.61. The zero-order valence-corrected chi connectivity index (χ0v) is 4.94. The summed E-state index contributed by atoms with van der Waals surface area (Å²) in [6.45, 7) is 0. The second-order valence-corrected chi connectivity index (χ2v) is 1.79. The fourth-order valence-electron chi connectivity index (χ4n) is 0.570. The van der Waals surface area contributed by atoms with Crippen LogP contribution in [0.1, 0.15) is 5.56 Å². The van der Waals surface area contributed by atoms with Gasteiger partial charge in [0.15, 0.2) is 0 Å². The molecule has 0 bridgehead atoms. The van der Waals surface area contributed by atoms with Gasteiger partial charge in [0.1, 0.15) is 0 Å². The molecular weight excluding hydrogens is 148 g/mol. The van der Waals surface area contributed by atoms with E-state index >= 15 is 0 Å². The van der Waals surface area contributed by atoms with Crippen molar-refractivity contribution in [1.29, 1.82) is 0 Å². The zero-order chi connectivity index (χ0) is 7.61. The van der Waals surface area contributed by atoms with Gasteiger partial charge in [-0.25, -0.2) is 0 Å². The van der Waals surface area contributed by atoms with Gasteiger partial charge in [-0.3, -0.25) is 0 Å². The van der Waals surface area contributed by atoms with E-state index in [4.69, 9.17) is 0 Å². The van der Waals surface area contributed by atoms with Crippen molar-refractivity contribution in [2.24, 2.45) is 0 Å². The van der Waals surface area contributed by atoms with Crippen molar-refractivity contribution in [3.05, 3.63) is 35.9 Å². The van der Waals surface area contributed by atoms with Gasteiger partial charge in [0.05, 0.1) is 5.56 Å². The van der Waals surface area contributed by atoms with Gasteiger partial charge in [0.25, 0.3) is 0 Å². The standard InChI is InChI=1S/C7H4F3.Li.H/c8-7(9,10)6-4-2-1-3-5-6;;/h1-2,4-5H;;. The molecule has 0 aromatic heterocycles. The summed E-state index contributed by atoms with van der Waals surface area (Å²) >= 11 is 0. The van der Waals surface area contributed by atoms with Gasteiger partial charge >= 0.3 is 25.0 Å². The second-order valence-electron chi connectivity index (χ2n) is 1.79. The van der Waals surface area contributed by atoms with E-state index in [-0.39, 0.29) is 18.9 Å². The molecule has 1 aromatic carbocycles. The summed E-state index contributed by atoms with van der Waals surface area (Å²) in [5.74, 6) is 0. The molecule has 1 rings (SSSR count). The Bertz CT molecular complexity index is 205. The summed E-state index contributed by atoms with van der Waals surface area (Å²) < 4.78 is 35.3. The fraction of sp³-hybridized carbons (Fsp3) is 0.143. The Kier molecular flexibility index (Phi) is 3.71. The Morgan fingerprint density at radius 1 is 1.27 bits per heavy atom. The van der Waals surface area contributed by atoms with Crippen molar-refractivity contribution in [2.75, 3.05) is 0 Å². The third-order valence-corrected chi connectivity index (χ3v) is 1.03. The third kappa shape index (κ3) is 3.00. The molecule has 0 amide bonds. The van der Waals surface area contributed by atoms with E-state index < -0.39 is 11.7 Å². The van der Waals surface area contributed by atoms with Crippen molar-refractivity contribution >= 4 is 18.9 Å². The SMILES string of the molecule is FC(F)(F)c1c[c]ccc1.[LiH].